The first-order valence-electron chi connectivity index (χ1n) is 41.7. The minimum absolute atomic E-state index is 0.0994. The van der Waals surface area contributed by atoms with Gasteiger partial charge in [-0.3, -0.25) is 59.7 Å². The summed E-state index contributed by atoms with van der Waals surface area (Å²) < 4.78 is 12.1. The van der Waals surface area contributed by atoms with Crippen molar-refractivity contribution in [2.24, 2.45) is 25.8 Å². The van der Waals surface area contributed by atoms with Crippen molar-refractivity contribution in [2.75, 3.05) is 36.3 Å². The lowest BCUT2D eigenvalue weighted by molar-refractivity contribution is -0.123. The van der Waals surface area contributed by atoms with E-state index in [9.17, 15) is 38.4 Å². The average Bonchev–Trinajstić information content (AvgIpc) is 1.61. The first-order chi connectivity index (χ1) is 64.9. The zero-order valence-corrected chi connectivity index (χ0v) is 86.5. The second-order valence-electron chi connectivity index (χ2n) is 32.9. The van der Waals surface area contributed by atoms with E-state index in [0.29, 0.717) is 83.8 Å². The summed E-state index contributed by atoms with van der Waals surface area (Å²) in [7, 11) is 0. The second kappa shape index (κ2) is 46.4. The van der Waals surface area contributed by atoms with Crippen molar-refractivity contribution in [1.82, 2.24) is 31.5 Å². The molecule has 0 bridgehead atoms. The topological polar surface area (TPSA) is 328 Å². The number of nitrogens with one attached hydrogen (secondary N) is 8. The fraction of sp³-hybridized carbons (Fsp3) is 0.232. The number of hydrogen-bond acceptors (Lipinski definition) is 17. The van der Waals surface area contributed by atoms with Gasteiger partial charge in [0.2, 0.25) is 17.1 Å². The normalized spacial score (nSPS) is 16.0. The number of hydrogen-bond donors (Lipinski definition) is 8. The molecule has 4 heterocycles. The summed E-state index contributed by atoms with van der Waals surface area (Å²) >= 11 is 91.4. The number of aromatic nitrogens is 3. The van der Waals surface area contributed by atoms with Gasteiger partial charge in [0.15, 0.2) is 18.1 Å². The van der Waals surface area contributed by atoms with Gasteiger partial charge < -0.3 is 30.7 Å². The molecule has 0 spiro atoms. The van der Waals surface area contributed by atoms with E-state index in [4.69, 9.17) is 177 Å². The predicted octanol–water partition coefficient (Wildman–Crippen LogP) is 27.3. The molecular weight excluding hydrogens is 2090 g/mol. The van der Waals surface area contributed by atoms with Gasteiger partial charge in [0, 0.05) is 52.6 Å². The van der Waals surface area contributed by atoms with Crippen molar-refractivity contribution in [1.29, 1.82) is 0 Å². The summed E-state index contributed by atoms with van der Waals surface area (Å²) in [6, 6.07) is 48.5. The number of H-pyrrole nitrogens is 1. The molecule has 0 radical (unpaired) electrons. The summed E-state index contributed by atoms with van der Waals surface area (Å²) in [6.45, 7) is 20.6. The highest BCUT2D eigenvalue weighted by molar-refractivity contribution is 8.02. The maximum Gasteiger partial charge on any atom is 0.267 e. The van der Waals surface area contributed by atoms with Gasteiger partial charge in [-0.1, -0.05) is 267 Å². The summed E-state index contributed by atoms with van der Waals surface area (Å²) in [5.41, 5.74) is 14.2. The van der Waals surface area contributed by atoms with E-state index in [2.05, 4.69) is 62.7 Å². The molecule has 3 fully saturated rings. The van der Waals surface area contributed by atoms with Crippen LogP contribution >= 0.6 is 186 Å². The van der Waals surface area contributed by atoms with Crippen LogP contribution in [-0.2, 0) is 33.6 Å². The number of benzene rings is 10. The minimum Gasteiger partial charge on any atom is -0.480 e. The third kappa shape index (κ3) is 26.6. The Morgan fingerprint density at radius 2 is 0.861 bits per heavy atom. The number of thioether (sulfide) groups is 2. The Hall–Kier alpha value is -9.93. The number of aldehydes is 1. The third-order valence-corrected chi connectivity index (χ3v) is 26.6. The van der Waals surface area contributed by atoms with Crippen molar-refractivity contribution in [3.05, 3.63) is 275 Å². The van der Waals surface area contributed by atoms with E-state index in [-0.39, 0.29) is 137 Å². The molecule has 26 nitrogen and oxygen atoms in total. The lowest BCUT2D eigenvalue weighted by Crippen LogP contribution is -2.36. The Labute approximate surface area is 867 Å². The molecule has 11 aromatic rings. The van der Waals surface area contributed by atoms with E-state index >= 15 is 0 Å². The van der Waals surface area contributed by atoms with Gasteiger partial charge in [-0.05, 0) is 190 Å². The zero-order valence-electron chi connectivity index (χ0n) is 74.3. The summed E-state index contributed by atoms with van der Waals surface area (Å²) in [4.78, 5) is 125. The molecule has 714 valence electrons. The number of aryl methyl sites for hydroxylation is 3. The van der Waals surface area contributed by atoms with Crippen LogP contribution in [0.3, 0.4) is 0 Å². The van der Waals surface area contributed by atoms with E-state index in [0.717, 1.165) is 34.5 Å². The molecule has 3 aliphatic rings. The Morgan fingerprint density at radius 1 is 0.460 bits per heavy atom. The van der Waals surface area contributed by atoms with E-state index in [1.807, 2.05) is 100 Å². The van der Waals surface area contributed by atoms with Crippen LogP contribution in [0.5, 0.6) is 11.5 Å². The van der Waals surface area contributed by atoms with Crippen molar-refractivity contribution >= 4 is 308 Å². The number of ether oxygens (including phenoxy) is 2. The molecule has 1 aromatic heterocycles. The molecular formula is C95H84Cl14N16O10S2. The number of rotatable bonds is 26. The number of anilines is 7. The Morgan fingerprint density at radius 3 is 1.28 bits per heavy atom. The van der Waals surface area contributed by atoms with Crippen molar-refractivity contribution < 1.29 is 47.8 Å². The quantitative estimate of drug-likeness (QED) is 0.0234. The molecule has 8 N–H and O–H groups in total. The van der Waals surface area contributed by atoms with Crippen LogP contribution in [-0.4, -0.2) is 103 Å². The van der Waals surface area contributed by atoms with Crippen molar-refractivity contribution in [2.45, 2.75) is 140 Å². The van der Waals surface area contributed by atoms with Crippen LogP contribution in [0.4, 0.5) is 56.9 Å². The highest BCUT2D eigenvalue weighted by Gasteiger charge is 2.46. The highest BCUT2D eigenvalue weighted by atomic mass is 35.5. The molecule has 0 aliphatic carbocycles. The van der Waals surface area contributed by atoms with Crippen molar-refractivity contribution in [3.8, 4) is 11.5 Å². The molecule has 3 saturated heterocycles. The summed E-state index contributed by atoms with van der Waals surface area (Å²) in [5, 5.41) is 22.6. The second-order valence-corrected chi connectivity index (χ2v) is 40.9. The average molecular weight is 2170 g/mol. The SMILES string of the molecule is CC(C)(C)C(=O)Nc1ccccc1SC1C(=O)N(c2c(Cl)cc(Cl)cc2Cl)NC1=Nc1cc(C=O)ccc1Cl.CCC(Oc1ccc(C)cc1C)C(=O)Nc1ccc(Cl)c(N=C2NN(c3c(Cl)cc(Cl)cc3Cl)C(=O)C2Sc2ccccc2NC(=O)C(C)(C)C)c1.CCCCC(Oc1ccc(C)cc1Cl)C(=O)Nc1ccc(Cl)c(N=C2NN(c3c(Cl)cc(Cl)cc3Cl)C(=O)C2c2nc(Cl)n[nH]2)c1. The Balaban J connectivity index is 0.000000186. The number of unbranched alkanes of at least 4 members (excludes halogenated alkanes) is 1. The van der Waals surface area contributed by atoms with Gasteiger partial charge in [-0.15, -0.1) is 28.6 Å². The molecule has 7 amide bonds. The molecule has 137 heavy (non-hydrogen) atoms. The molecule has 42 heteroatoms. The largest absolute Gasteiger partial charge is 0.480 e. The zero-order chi connectivity index (χ0) is 99.5. The van der Waals surface area contributed by atoms with Crippen molar-refractivity contribution in [3.63, 3.8) is 0 Å². The van der Waals surface area contributed by atoms with Gasteiger partial charge in [0.05, 0.1) is 78.7 Å². The predicted molar refractivity (Wildman–Crippen MR) is 558 cm³/mol. The first-order valence-corrected chi connectivity index (χ1v) is 48.8. The molecule has 0 saturated carbocycles. The molecule has 10 aromatic carbocycles. The van der Waals surface area contributed by atoms with Gasteiger partial charge in [-0.2, -0.15) is 0 Å². The maximum atomic E-state index is 14.2. The number of para-hydroxylation sites is 2. The summed E-state index contributed by atoms with van der Waals surface area (Å²) in [6.07, 6.45) is 1.61. The monoisotopic (exact) mass is 2160 g/mol. The number of carbonyl (C=O) groups excluding carboxylic acids is 8. The minimum atomic E-state index is -1.12. The van der Waals surface area contributed by atoms with Gasteiger partial charge in [0.25, 0.3) is 29.5 Å². The third-order valence-electron chi connectivity index (χ3n) is 20.3. The summed E-state index contributed by atoms with van der Waals surface area (Å²) in [5.74, 6) is -1.98. The van der Waals surface area contributed by atoms with Crippen LogP contribution in [0.2, 0.25) is 70.6 Å². The van der Waals surface area contributed by atoms with Crippen LogP contribution < -0.4 is 62.0 Å². The van der Waals surface area contributed by atoms with Crippen LogP contribution in [0.15, 0.2) is 201 Å². The van der Waals surface area contributed by atoms with Crippen LogP contribution in [0.1, 0.15) is 120 Å². The number of aliphatic imine (C=N–C) groups is 3. The Bertz CT molecular complexity index is 6570. The van der Waals surface area contributed by atoms with Gasteiger partial charge in [0.1, 0.15) is 68.7 Å². The smallest absolute Gasteiger partial charge is 0.267 e. The number of carbonyl (C=O) groups is 8. The number of halogens is 14. The molecule has 14 rings (SSSR count). The van der Waals surface area contributed by atoms with E-state index < -0.39 is 57.2 Å². The fourth-order valence-electron chi connectivity index (χ4n) is 13.2. The Kier molecular flexibility index (Phi) is 35.9. The fourth-order valence-corrected chi connectivity index (χ4v) is 19.2. The van der Waals surface area contributed by atoms with Gasteiger partial charge >= 0.3 is 0 Å². The van der Waals surface area contributed by atoms with Gasteiger partial charge in [-0.25, -0.2) is 35.0 Å². The molecule has 3 aliphatic heterocycles. The van der Waals surface area contributed by atoms with Crippen LogP contribution in [0.25, 0.3) is 0 Å². The molecule has 5 atom stereocenters. The number of amides is 7. The number of aromatic amines is 1. The standard InChI is InChI=1S/C38H37Cl4N5O4S.C30H25Cl6N7O3.C27H22Cl4N4O3S/c1-7-29(51-30-15-12-20(2)16-21(30)3)35(48)43-23-13-14-24(40)28(19-23)44-34-33(36(49)47(46-34)32-25(41)17-22(39)18-26(32)42)52-31-11-9-8-10-27(31)45-37(50)38(4,5)6;1-3-4-5-23(46-22-9-6-14(2)10-18(22)33)28(44)37-16-7-8-17(32)21(13-16)38-27-24(26-39-30(36)41-40-26)29(45)43(42-27)25-19(34)11-15(31)12-20(25)35;1-27(2,3)26(38)33-19-6-4-5-7-21(19)39-23-24(32-20-10-14(13-36)8-9-16(20)29)34-35(25(23)37)22-17(30)11-15(28)12-18(22)31/h8-19,29,33H,7H2,1-6H3,(H,43,48)(H,44,46)(H,45,50);6-13,23-24H,3-5H2,1-2H3,(H,37,44)(H,38,42)(H,39,40,41);4-13,23H,1-3H3,(H,32,34)(H,33,38). The van der Waals surface area contributed by atoms with E-state index in [1.54, 1.807) is 109 Å². The number of nitrogens with zero attached hydrogens (tertiary/aromatic N) is 8. The lowest BCUT2D eigenvalue weighted by Gasteiger charge is -2.20. The van der Waals surface area contributed by atoms with E-state index in [1.165, 1.54) is 76.0 Å². The maximum absolute atomic E-state index is 14.2. The number of amidine groups is 3. The molecule has 5 unspecified atom stereocenters. The lowest BCUT2D eigenvalue weighted by atomic mass is 9.95. The number of hydrazine groups is 3. The first kappa shape index (κ1) is 106. The highest BCUT2D eigenvalue weighted by Crippen LogP contribution is 2.47. The van der Waals surface area contributed by atoms with Crippen LogP contribution in [0, 0.1) is 31.6 Å².